The first-order chi connectivity index (χ1) is 7.77. The molecule has 1 aromatic heterocycles. The van der Waals surface area contributed by atoms with Crippen LogP contribution in [0.2, 0.25) is 0 Å². The Labute approximate surface area is 101 Å². The second-order valence-electron chi connectivity index (χ2n) is 4.40. The Kier molecular flexibility index (Phi) is 4.32. The number of ether oxygens (including phenoxy) is 1. The van der Waals surface area contributed by atoms with Gasteiger partial charge in [0.05, 0.1) is 17.3 Å². The lowest BCUT2D eigenvalue weighted by Crippen LogP contribution is -2.23. The van der Waals surface area contributed by atoms with Crippen molar-refractivity contribution in [2.75, 3.05) is 13.2 Å². The van der Waals surface area contributed by atoms with Crippen molar-refractivity contribution in [3.05, 3.63) is 16.1 Å². The molecular weight excluding hydrogens is 220 g/mol. The predicted molar refractivity (Wildman–Crippen MR) is 66.9 cm³/mol. The normalized spacial score (nSPS) is 22.5. The summed E-state index contributed by atoms with van der Waals surface area (Å²) in [7, 11) is 0. The molecule has 0 saturated carbocycles. The highest BCUT2D eigenvalue weighted by Crippen LogP contribution is 2.21. The van der Waals surface area contributed by atoms with Crippen LogP contribution in [0.5, 0.6) is 0 Å². The molecule has 0 spiro atoms. The maximum absolute atomic E-state index is 5.60. The summed E-state index contributed by atoms with van der Waals surface area (Å²) in [6.07, 6.45) is 4.08. The molecule has 0 amide bonds. The molecule has 2 atom stereocenters. The van der Waals surface area contributed by atoms with Gasteiger partial charge in [-0.1, -0.05) is 0 Å². The number of thiazole rings is 1. The molecule has 0 aliphatic carbocycles. The van der Waals surface area contributed by atoms with Gasteiger partial charge in [-0.25, -0.2) is 4.98 Å². The van der Waals surface area contributed by atoms with Crippen molar-refractivity contribution in [1.29, 1.82) is 0 Å². The minimum absolute atomic E-state index is 0.411. The Hall–Kier alpha value is -0.450. The van der Waals surface area contributed by atoms with Crippen molar-refractivity contribution in [3.63, 3.8) is 0 Å². The molecule has 4 heteroatoms. The summed E-state index contributed by atoms with van der Waals surface area (Å²) in [5.41, 5.74) is 3.07. The summed E-state index contributed by atoms with van der Waals surface area (Å²) >= 11 is 1.74. The minimum Gasteiger partial charge on any atom is -0.378 e. The zero-order chi connectivity index (χ0) is 11.4. The summed E-state index contributed by atoms with van der Waals surface area (Å²) in [6, 6.07) is 0.411. The largest absolute Gasteiger partial charge is 0.378 e. The van der Waals surface area contributed by atoms with E-state index in [1.165, 1.54) is 17.7 Å². The molecule has 0 aromatic carbocycles. The standard InChI is InChI=1S/C12H20N2OS/c1-9(12-10(2)14-8-16-12)13-6-5-11-4-3-7-15-11/h8-9,11,13H,3-7H2,1-2H3. The first-order valence-electron chi connectivity index (χ1n) is 6.02. The van der Waals surface area contributed by atoms with Crippen LogP contribution in [0.4, 0.5) is 0 Å². The zero-order valence-corrected chi connectivity index (χ0v) is 10.8. The van der Waals surface area contributed by atoms with E-state index in [2.05, 4.69) is 24.1 Å². The van der Waals surface area contributed by atoms with Crippen LogP contribution in [-0.4, -0.2) is 24.2 Å². The summed E-state index contributed by atoms with van der Waals surface area (Å²) in [5, 5.41) is 3.54. The zero-order valence-electron chi connectivity index (χ0n) is 10.0. The molecule has 1 aliphatic rings. The Balaban J connectivity index is 1.71. The number of rotatable bonds is 5. The van der Waals surface area contributed by atoms with E-state index in [4.69, 9.17) is 4.74 Å². The lowest BCUT2D eigenvalue weighted by atomic mass is 10.1. The van der Waals surface area contributed by atoms with Crippen molar-refractivity contribution in [3.8, 4) is 0 Å². The van der Waals surface area contributed by atoms with Crippen molar-refractivity contribution >= 4 is 11.3 Å². The molecule has 1 aromatic rings. The Morgan fingerprint density at radius 3 is 3.19 bits per heavy atom. The van der Waals surface area contributed by atoms with E-state index in [0.29, 0.717) is 12.1 Å². The lowest BCUT2D eigenvalue weighted by Gasteiger charge is -2.15. The van der Waals surface area contributed by atoms with E-state index < -0.39 is 0 Å². The van der Waals surface area contributed by atoms with E-state index in [1.54, 1.807) is 11.3 Å². The fourth-order valence-electron chi connectivity index (χ4n) is 2.15. The van der Waals surface area contributed by atoms with Crippen LogP contribution in [-0.2, 0) is 4.74 Å². The minimum atomic E-state index is 0.411. The van der Waals surface area contributed by atoms with Gasteiger partial charge in [0.2, 0.25) is 0 Å². The van der Waals surface area contributed by atoms with Gasteiger partial charge in [-0.3, -0.25) is 0 Å². The highest BCUT2D eigenvalue weighted by atomic mass is 32.1. The average Bonchev–Trinajstić information content (AvgIpc) is 2.88. The van der Waals surface area contributed by atoms with Crippen LogP contribution >= 0.6 is 11.3 Å². The second kappa shape index (κ2) is 5.75. The molecule has 2 rings (SSSR count). The Morgan fingerprint density at radius 2 is 2.56 bits per heavy atom. The SMILES string of the molecule is Cc1ncsc1C(C)NCCC1CCCO1. The van der Waals surface area contributed by atoms with Crippen molar-refractivity contribution in [1.82, 2.24) is 10.3 Å². The van der Waals surface area contributed by atoms with Gasteiger partial charge < -0.3 is 10.1 Å². The molecule has 3 nitrogen and oxygen atoms in total. The molecule has 90 valence electrons. The maximum Gasteiger partial charge on any atom is 0.0798 e. The first kappa shape index (κ1) is 12.0. The number of hydrogen-bond acceptors (Lipinski definition) is 4. The topological polar surface area (TPSA) is 34.2 Å². The molecule has 2 heterocycles. The fraction of sp³-hybridized carbons (Fsp3) is 0.750. The number of nitrogens with zero attached hydrogens (tertiary/aromatic N) is 1. The van der Waals surface area contributed by atoms with Crippen LogP contribution in [0.25, 0.3) is 0 Å². The number of nitrogens with one attached hydrogen (secondary N) is 1. The number of aromatic nitrogens is 1. The van der Waals surface area contributed by atoms with E-state index in [-0.39, 0.29) is 0 Å². The maximum atomic E-state index is 5.60. The van der Waals surface area contributed by atoms with Crippen LogP contribution in [0.15, 0.2) is 5.51 Å². The molecule has 1 aliphatic heterocycles. The lowest BCUT2D eigenvalue weighted by molar-refractivity contribution is 0.103. The van der Waals surface area contributed by atoms with Gasteiger partial charge in [0.1, 0.15) is 0 Å². The monoisotopic (exact) mass is 240 g/mol. The van der Waals surface area contributed by atoms with Crippen molar-refractivity contribution in [2.45, 2.75) is 45.3 Å². The van der Waals surface area contributed by atoms with Gasteiger partial charge in [-0.15, -0.1) is 11.3 Å². The third kappa shape index (κ3) is 3.03. The molecule has 16 heavy (non-hydrogen) atoms. The smallest absolute Gasteiger partial charge is 0.0798 e. The van der Waals surface area contributed by atoms with Gasteiger partial charge >= 0.3 is 0 Å². The van der Waals surface area contributed by atoms with Gasteiger partial charge in [0.25, 0.3) is 0 Å². The van der Waals surface area contributed by atoms with Crippen LogP contribution in [0.1, 0.15) is 42.8 Å². The molecular formula is C12H20N2OS. The van der Waals surface area contributed by atoms with E-state index >= 15 is 0 Å². The van der Waals surface area contributed by atoms with Crippen LogP contribution in [0, 0.1) is 6.92 Å². The first-order valence-corrected chi connectivity index (χ1v) is 6.90. The van der Waals surface area contributed by atoms with Crippen LogP contribution in [0.3, 0.4) is 0 Å². The number of aryl methyl sites for hydroxylation is 1. The van der Waals surface area contributed by atoms with Gasteiger partial charge in [0, 0.05) is 17.5 Å². The van der Waals surface area contributed by atoms with E-state index in [0.717, 1.165) is 25.3 Å². The third-order valence-corrected chi connectivity index (χ3v) is 4.23. The molecule has 1 saturated heterocycles. The molecule has 0 bridgehead atoms. The quantitative estimate of drug-likeness (QED) is 0.859. The predicted octanol–water partition coefficient (Wildman–Crippen LogP) is 2.67. The summed E-state index contributed by atoms with van der Waals surface area (Å²) in [6.45, 7) is 6.26. The van der Waals surface area contributed by atoms with Crippen molar-refractivity contribution in [2.24, 2.45) is 0 Å². The van der Waals surface area contributed by atoms with Crippen molar-refractivity contribution < 1.29 is 4.74 Å². The van der Waals surface area contributed by atoms with Gasteiger partial charge in [-0.05, 0) is 39.7 Å². The highest BCUT2D eigenvalue weighted by molar-refractivity contribution is 7.09. The molecule has 0 radical (unpaired) electrons. The van der Waals surface area contributed by atoms with Gasteiger partial charge in [0.15, 0.2) is 0 Å². The molecule has 2 unspecified atom stereocenters. The summed E-state index contributed by atoms with van der Waals surface area (Å²) < 4.78 is 5.60. The fourth-order valence-corrected chi connectivity index (χ4v) is 2.99. The van der Waals surface area contributed by atoms with Crippen LogP contribution < -0.4 is 5.32 Å². The molecule has 1 N–H and O–H groups in total. The van der Waals surface area contributed by atoms with E-state index in [9.17, 15) is 0 Å². The second-order valence-corrected chi connectivity index (χ2v) is 5.29. The van der Waals surface area contributed by atoms with E-state index in [1.807, 2.05) is 5.51 Å². The Bertz CT molecular complexity index is 321. The number of hydrogen-bond donors (Lipinski definition) is 1. The molecule has 1 fully saturated rings. The highest BCUT2D eigenvalue weighted by Gasteiger charge is 2.16. The summed E-state index contributed by atoms with van der Waals surface area (Å²) in [4.78, 5) is 5.63. The third-order valence-electron chi connectivity index (χ3n) is 3.12. The average molecular weight is 240 g/mol. The van der Waals surface area contributed by atoms with Gasteiger partial charge in [-0.2, -0.15) is 0 Å². The summed E-state index contributed by atoms with van der Waals surface area (Å²) in [5.74, 6) is 0. The Morgan fingerprint density at radius 1 is 1.69 bits per heavy atom.